The summed E-state index contributed by atoms with van der Waals surface area (Å²) in [5.74, 6) is 0.159. The molecule has 0 spiro atoms. The first-order chi connectivity index (χ1) is 13.1. The van der Waals surface area contributed by atoms with Crippen molar-refractivity contribution in [2.75, 3.05) is 0 Å². The van der Waals surface area contributed by atoms with E-state index in [0.29, 0.717) is 6.42 Å². The summed E-state index contributed by atoms with van der Waals surface area (Å²) in [6.07, 6.45) is 12.2. The molecule has 155 valence electrons. The Morgan fingerprint density at radius 1 is 1.04 bits per heavy atom. The van der Waals surface area contributed by atoms with Crippen LogP contribution in [0, 0.1) is 6.07 Å². The number of pyridine rings is 1. The molecule has 0 unspecified atom stereocenters. The number of hydrogen-bond donors (Lipinski definition) is 1. The number of benzene rings is 1. The van der Waals surface area contributed by atoms with Gasteiger partial charge in [0.2, 0.25) is 0 Å². The van der Waals surface area contributed by atoms with Crippen molar-refractivity contribution in [1.29, 1.82) is 0 Å². The van der Waals surface area contributed by atoms with Crippen molar-refractivity contribution in [2.45, 2.75) is 65.2 Å². The number of unbranched alkanes of at least 4 members (excludes halogenated alkanes) is 6. The normalized spacial score (nSPS) is 10.4. The third kappa shape index (κ3) is 13.4. The molecule has 1 heterocycles. The van der Waals surface area contributed by atoms with Crippen LogP contribution in [0.4, 0.5) is 0 Å². The molecule has 0 bridgehead atoms. The topological polar surface area (TPSA) is 50.2 Å². The average molecular weight is 559 g/mol. The van der Waals surface area contributed by atoms with E-state index in [1.807, 2.05) is 42.5 Å². The molecule has 0 aliphatic heterocycles. The summed E-state index contributed by atoms with van der Waals surface area (Å²) in [5.41, 5.74) is 2.01. The van der Waals surface area contributed by atoms with Gasteiger partial charge in [-0.15, -0.1) is 35.9 Å². The van der Waals surface area contributed by atoms with E-state index in [9.17, 15) is 4.79 Å². The van der Waals surface area contributed by atoms with Crippen LogP contribution in [0.15, 0.2) is 60.5 Å². The molecule has 1 radical (unpaired) electrons. The number of hydrogen-bond acceptors (Lipinski definition) is 3. The molecule has 28 heavy (non-hydrogen) atoms. The fourth-order valence-electron chi connectivity index (χ4n) is 2.64. The van der Waals surface area contributed by atoms with Crippen LogP contribution >= 0.6 is 0 Å². The van der Waals surface area contributed by atoms with E-state index in [4.69, 9.17) is 5.11 Å². The van der Waals surface area contributed by atoms with Gasteiger partial charge >= 0.3 is 0 Å². The standard InChI is InChI=1S/C13H24O2.C11H8N.Ir/c1-3-4-5-6-7-8-9-10-13(15)11-12(2)14;1-2-6-10(7-3-1)11-8-4-5-9-12-11;/h11,14H,3-10H2,1-2H3;1-6,8-9H;/q;-1;. The van der Waals surface area contributed by atoms with Gasteiger partial charge in [-0.2, -0.15) is 0 Å². The SMILES string of the molecule is CCCCCCCCCC(=O)C=C(C)O.[Ir].[c-]1ccccc1-c1ccccn1. The Hall–Kier alpha value is -1.77. The fourth-order valence-corrected chi connectivity index (χ4v) is 2.64. The predicted molar refractivity (Wildman–Crippen MR) is 113 cm³/mol. The number of nitrogens with zero attached hydrogens (tertiary/aromatic N) is 1. The minimum Gasteiger partial charge on any atom is -0.512 e. The first-order valence-electron chi connectivity index (χ1n) is 9.91. The third-order valence-electron chi connectivity index (χ3n) is 4.05. The number of carbonyl (C=O) groups is 1. The maximum absolute atomic E-state index is 11.2. The second-order valence-electron chi connectivity index (χ2n) is 6.61. The summed E-state index contributed by atoms with van der Waals surface area (Å²) in [7, 11) is 0. The molecule has 2 aromatic rings. The van der Waals surface area contributed by atoms with Crippen LogP contribution in [0.3, 0.4) is 0 Å². The van der Waals surface area contributed by atoms with Crippen LogP contribution in [0.25, 0.3) is 11.3 Å². The summed E-state index contributed by atoms with van der Waals surface area (Å²) < 4.78 is 0. The summed E-state index contributed by atoms with van der Waals surface area (Å²) in [6.45, 7) is 3.74. The molecule has 0 aliphatic rings. The zero-order chi connectivity index (χ0) is 19.7. The van der Waals surface area contributed by atoms with Gasteiger partial charge in [0, 0.05) is 38.8 Å². The van der Waals surface area contributed by atoms with Gasteiger partial charge in [0.25, 0.3) is 0 Å². The van der Waals surface area contributed by atoms with E-state index in [-0.39, 0.29) is 31.6 Å². The van der Waals surface area contributed by atoms with Gasteiger partial charge in [-0.1, -0.05) is 57.6 Å². The number of ketones is 1. The van der Waals surface area contributed by atoms with Crippen LogP contribution in [0.2, 0.25) is 0 Å². The van der Waals surface area contributed by atoms with Crippen molar-refractivity contribution in [3.8, 4) is 11.3 Å². The van der Waals surface area contributed by atoms with Crippen LogP contribution in [-0.4, -0.2) is 15.9 Å². The third-order valence-corrected chi connectivity index (χ3v) is 4.05. The Balaban J connectivity index is 0.000000510. The number of carbonyl (C=O) groups excluding carboxylic acids is 1. The largest absolute Gasteiger partial charge is 0.512 e. The van der Waals surface area contributed by atoms with Crippen molar-refractivity contribution in [1.82, 2.24) is 4.98 Å². The van der Waals surface area contributed by atoms with Gasteiger partial charge in [0.1, 0.15) is 0 Å². The molecule has 0 saturated carbocycles. The molecule has 4 heteroatoms. The van der Waals surface area contributed by atoms with Gasteiger partial charge in [-0.05, 0) is 25.1 Å². The molecular formula is C24H32IrNO2-. The molecule has 0 atom stereocenters. The van der Waals surface area contributed by atoms with Crippen molar-refractivity contribution in [2.24, 2.45) is 0 Å². The molecule has 0 amide bonds. The van der Waals surface area contributed by atoms with Gasteiger partial charge in [0.15, 0.2) is 5.78 Å². The second-order valence-corrected chi connectivity index (χ2v) is 6.61. The van der Waals surface area contributed by atoms with E-state index in [1.54, 1.807) is 6.20 Å². The van der Waals surface area contributed by atoms with Crippen LogP contribution in [0.5, 0.6) is 0 Å². The Morgan fingerprint density at radius 3 is 2.29 bits per heavy atom. The Labute approximate surface area is 183 Å². The first-order valence-corrected chi connectivity index (χ1v) is 9.91. The molecule has 0 fully saturated rings. The van der Waals surface area contributed by atoms with Crippen LogP contribution in [0.1, 0.15) is 65.2 Å². The van der Waals surface area contributed by atoms with E-state index >= 15 is 0 Å². The molecule has 0 aliphatic carbocycles. The zero-order valence-corrected chi connectivity index (χ0v) is 19.4. The fraction of sp³-hybridized carbons (Fsp3) is 0.417. The van der Waals surface area contributed by atoms with Gasteiger partial charge in [-0.25, -0.2) is 0 Å². The Morgan fingerprint density at radius 2 is 1.71 bits per heavy atom. The number of aliphatic hydroxyl groups is 1. The maximum atomic E-state index is 11.2. The van der Waals surface area contributed by atoms with Crippen molar-refractivity contribution in [3.05, 3.63) is 66.6 Å². The van der Waals surface area contributed by atoms with Crippen LogP contribution < -0.4 is 0 Å². The van der Waals surface area contributed by atoms with Gasteiger partial charge in [0.05, 0.1) is 5.76 Å². The molecule has 0 saturated heterocycles. The monoisotopic (exact) mass is 559 g/mol. The Kier molecular flexibility index (Phi) is 16.2. The molecule has 1 aromatic heterocycles. The molecule has 3 nitrogen and oxygen atoms in total. The number of rotatable bonds is 10. The predicted octanol–water partition coefficient (Wildman–Crippen LogP) is 6.70. The summed E-state index contributed by atoms with van der Waals surface area (Å²) in [5, 5.41) is 8.86. The second kappa shape index (κ2) is 17.3. The molecule has 1 aromatic carbocycles. The molecule has 2 rings (SSSR count). The first kappa shape index (κ1) is 26.2. The summed E-state index contributed by atoms with van der Waals surface area (Å²) in [4.78, 5) is 15.4. The van der Waals surface area contributed by atoms with E-state index in [0.717, 1.165) is 24.1 Å². The number of aliphatic hydroxyl groups excluding tert-OH is 1. The molecular weight excluding hydrogens is 526 g/mol. The summed E-state index contributed by atoms with van der Waals surface area (Å²) >= 11 is 0. The van der Waals surface area contributed by atoms with E-state index in [2.05, 4.69) is 18.0 Å². The molecule has 1 N–H and O–H groups in total. The smallest absolute Gasteiger partial charge is 0.159 e. The van der Waals surface area contributed by atoms with Crippen LogP contribution in [-0.2, 0) is 24.9 Å². The van der Waals surface area contributed by atoms with Crippen molar-refractivity contribution < 1.29 is 30.0 Å². The quantitative estimate of drug-likeness (QED) is 0.153. The average Bonchev–Trinajstić information content (AvgIpc) is 2.69. The van der Waals surface area contributed by atoms with Gasteiger partial charge < -0.3 is 10.1 Å². The van der Waals surface area contributed by atoms with Crippen molar-refractivity contribution in [3.63, 3.8) is 0 Å². The zero-order valence-electron chi connectivity index (χ0n) is 17.0. The number of aromatic nitrogens is 1. The van der Waals surface area contributed by atoms with E-state index < -0.39 is 0 Å². The number of allylic oxidation sites excluding steroid dienone is 2. The summed E-state index contributed by atoms with van der Waals surface area (Å²) in [6, 6.07) is 16.8. The maximum Gasteiger partial charge on any atom is 0.159 e. The minimum atomic E-state index is 0. The minimum absolute atomic E-state index is 0. The Bertz CT molecular complexity index is 615. The van der Waals surface area contributed by atoms with Gasteiger partial charge in [-0.3, -0.25) is 4.79 Å². The van der Waals surface area contributed by atoms with Crippen molar-refractivity contribution >= 4 is 5.78 Å². The van der Waals surface area contributed by atoms with E-state index in [1.165, 1.54) is 45.1 Å².